The third-order valence-electron chi connectivity index (χ3n) is 6.40. The Morgan fingerprint density at radius 2 is 2.12 bits per heavy atom. The van der Waals surface area contributed by atoms with Crippen molar-refractivity contribution in [2.24, 2.45) is 17.4 Å². The van der Waals surface area contributed by atoms with Crippen LogP contribution in [0.1, 0.15) is 32.6 Å². The van der Waals surface area contributed by atoms with Crippen molar-refractivity contribution in [1.29, 1.82) is 0 Å². The van der Waals surface area contributed by atoms with Gasteiger partial charge in [0.15, 0.2) is 11.6 Å². The highest BCUT2D eigenvalue weighted by molar-refractivity contribution is 6.02. The topological polar surface area (TPSA) is 161 Å². The molecule has 1 aromatic rings. The molecule has 172 valence electrons. The van der Waals surface area contributed by atoms with Crippen molar-refractivity contribution in [3.05, 3.63) is 18.3 Å². The summed E-state index contributed by atoms with van der Waals surface area (Å²) in [4.78, 5) is 58.1. The van der Waals surface area contributed by atoms with Crippen LogP contribution < -0.4 is 21.5 Å². The Labute approximate surface area is 185 Å². The smallest absolute Gasteiger partial charge is 0.271 e. The SMILES string of the molecule is C[C@H](N)C(=O)N(C)[C@@H](CC1CC1)C(=O)N1C[C@@]2(C[C@H]1C(N)=O)Oc1cccnc1NC2=O. The standard InChI is InChI=1S/C21H28N6O5/c1-11(22)18(29)26(2)13(8-12-5-6-12)19(30)27-10-21(9-14(27)16(23)28)20(31)25-17-15(32-21)4-3-7-24-17/h3-4,7,11-14H,5-6,8-10,22H2,1-2H3,(H2,23,28)(H,24,25,31)/t11-,13-,14-,21+/m0/s1. The Hall–Kier alpha value is -3.21. The number of carbonyl (C=O) groups is 4. The van der Waals surface area contributed by atoms with Gasteiger partial charge in [0, 0.05) is 19.7 Å². The van der Waals surface area contributed by atoms with Crippen LogP contribution >= 0.6 is 0 Å². The normalized spacial score (nSPS) is 26.0. The molecule has 32 heavy (non-hydrogen) atoms. The fraction of sp³-hybridized carbons (Fsp3) is 0.571. The number of nitrogens with two attached hydrogens (primary N) is 2. The number of anilines is 1. The molecule has 3 aliphatic rings. The van der Waals surface area contributed by atoms with E-state index in [1.54, 1.807) is 19.1 Å². The number of hydrogen-bond donors (Lipinski definition) is 3. The highest BCUT2D eigenvalue weighted by Crippen LogP contribution is 2.40. The molecule has 2 aliphatic heterocycles. The first-order chi connectivity index (χ1) is 15.1. The molecule has 1 aromatic heterocycles. The van der Waals surface area contributed by atoms with Gasteiger partial charge in [-0.25, -0.2) is 4.98 Å². The Kier molecular flexibility index (Phi) is 5.53. The van der Waals surface area contributed by atoms with Crippen LogP contribution in [0.4, 0.5) is 5.82 Å². The highest BCUT2D eigenvalue weighted by atomic mass is 16.5. The summed E-state index contributed by atoms with van der Waals surface area (Å²) in [5, 5.41) is 2.69. The number of hydrogen-bond acceptors (Lipinski definition) is 7. The van der Waals surface area contributed by atoms with E-state index in [4.69, 9.17) is 16.2 Å². The van der Waals surface area contributed by atoms with E-state index < -0.39 is 41.4 Å². The molecule has 3 heterocycles. The van der Waals surface area contributed by atoms with Gasteiger partial charge >= 0.3 is 0 Å². The third-order valence-corrected chi connectivity index (χ3v) is 6.40. The van der Waals surface area contributed by atoms with E-state index in [9.17, 15) is 19.2 Å². The predicted molar refractivity (Wildman–Crippen MR) is 113 cm³/mol. The number of ether oxygens (including phenoxy) is 1. The summed E-state index contributed by atoms with van der Waals surface area (Å²) in [5.41, 5.74) is 9.90. The fourth-order valence-electron chi connectivity index (χ4n) is 4.40. The lowest BCUT2D eigenvalue weighted by Crippen LogP contribution is -2.57. The number of nitrogens with zero attached hydrogens (tertiary/aromatic N) is 3. The molecule has 1 spiro atoms. The fourth-order valence-corrected chi connectivity index (χ4v) is 4.40. The molecule has 4 atom stereocenters. The van der Waals surface area contributed by atoms with Crippen LogP contribution in [0.15, 0.2) is 18.3 Å². The maximum atomic E-state index is 13.7. The molecule has 1 saturated heterocycles. The minimum atomic E-state index is -1.47. The zero-order valence-corrected chi connectivity index (χ0v) is 18.1. The minimum absolute atomic E-state index is 0.0880. The van der Waals surface area contributed by atoms with Crippen molar-refractivity contribution < 1.29 is 23.9 Å². The number of fused-ring (bicyclic) bond motifs is 1. The minimum Gasteiger partial charge on any atom is -0.472 e. The van der Waals surface area contributed by atoms with Crippen LogP contribution in [0.3, 0.4) is 0 Å². The van der Waals surface area contributed by atoms with Crippen LogP contribution in [0.5, 0.6) is 5.75 Å². The van der Waals surface area contributed by atoms with Gasteiger partial charge in [0.05, 0.1) is 12.6 Å². The van der Waals surface area contributed by atoms with Gasteiger partial charge in [0.25, 0.3) is 5.91 Å². The summed E-state index contributed by atoms with van der Waals surface area (Å²) >= 11 is 0. The average Bonchev–Trinajstić information content (AvgIpc) is 3.49. The number of primary amides is 1. The quantitative estimate of drug-likeness (QED) is 0.518. The number of rotatable bonds is 6. The Morgan fingerprint density at radius 1 is 1.41 bits per heavy atom. The number of carbonyl (C=O) groups excluding carboxylic acids is 4. The summed E-state index contributed by atoms with van der Waals surface area (Å²) in [6.45, 7) is 1.39. The summed E-state index contributed by atoms with van der Waals surface area (Å²) in [6, 6.07) is 0.680. The van der Waals surface area contributed by atoms with Gasteiger partial charge in [-0.3, -0.25) is 19.2 Å². The second-order valence-electron chi connectivity index (χ2n) is 8.92. The lowest BCUT2D eigenvalue weighted by molar-refractivity contribution is -0.148. The molecule has 0 unspecified atom stereocenters. The number of likely N-dealkylation sites (N-methyl/N-ethyl adjacent to an activating group) is 1. The van der Waals surface area contributed by atoms with Crippen molar-refractivity contribution in [1.82, 2.24) is 14.8 Å². The summed E-state index contributed by atoms with van der Waals surface area (Å²) < 4.78 is 6.00. The summed E-state index contributed by atoms with van der Waals surface area (Å²) in [5.74, 6) is -1.11. The van der Waals surface area contributed by atoms with E-state index in [0.717, 1.165) is 12.8 Å². The average molecular weight is 444 g/mol. The van der Waals surface area contributed by atoms with Gasteiger partial charge in [-0.1, -0.05) is 12.8 Å². The van der Waals surface area contributed by atoms with Crippen molar-refractivity contribution in [2.75, 3.05) is 18.9 Å². The molecule has 1 saturated carbocycles. The van der Waals surface area contributed by atoms with Crippen molar-refractivity contribution in [3.8, 4) is 5.75 Å². The number of amides is 4. The molecule has 4 rings (SSSR count). The molecule has 0 bridgehead atoms. The Bertz CT molecular complexity index is 964. The van der Waals surface area contributed by atoms with Gasteiger partial charge < -0.3 is 31.3 Å². The Morgan fingerprint density at radius 3 is 2.75 bits per heavy atom. The monoisotopic (exact) mass is 444 g/mol. The van der Waals surface area contributed by atoms with Crippen LogP contribution in [0.25, 0.3) is 0 Å². The van der Waals surface area contributed by atoms with Crippen LogP contribution in [0, 0.1) is 5.92 Å². The first kappa shape index (κ1) is 22.0. The summed E-state index contributed by atoms with van der Waals surface area (Å²) in [7, 11) is 1.54. The first-order valence-electron chi connectivity index (χ1n) is 10.7. The molecule has 0 radical (unpaired) electrons. The van der Waals surface area contributed by atoms with Crippen molar-refractivity contribution in [3.63, 3.8) is 0 Å². The van der Waals surface area contributed by atoms with E-state index in [0.29, 0.717) is 18.1 Å². The molecular weight excluding hydrogens is 416 g/mol. The van der Waals surface area contributed by atoms with Crippen LogP contribution in [-0.2, 0) is 19.2 Å². The molecule has 2 fully saturated rings. The van der Waals surface area contributed by atoms with Gasteiger partial charge in [0.1, 0.15) is 12.1 Å². The number of aromatic nitrogens is 1. The number of nitrogens with one attached hydrogen (secondary N) is 1. The number of pyridine rings is 1. The van der Waals surface area contributed by atoms with Crippen molar-refractivity contribution in [2.45, 2.75) is 56.3 Å². The Balaban J connectivity index is 1.63. The highest BCUT2D eigenvalue weighted by Gasteiger charge is 2.57. The number of likely N-dealkylation sites (tertiary alicyclic amines) is 1. The maximum absolute atomic E-state index is 13.7. The molecule has 1 aliphatic carbocycles. The van der Waals surface area contributed by atoms with E-state index in [2.05, 4.69) is 10.3 Å². The molecule has 5 N–H and O–H groups in total. The van der Waals surface area contributed by atoms with E-state index in [1.807, 2.05) is 0 Å². The molecule has 0 aromatic carbocycles. The van der Waals surface area contributed by atoms with Gasteiger partial charge in [-0.2, -0.15) is 0 Å². The zero-order chi connectivity index (χ0) is 23.2. The maximum Gasteiger partial charge on any atom is 0.271 e. The van der Waals surface area contributed by atoms with E-state index in [1.165, 1.54) is 23.0 Å². The van der Waals surface area contributed by atoms with Crippen molar-refractivity contribution >= 4 is 29.4 Å². The van der Waals surface area contributed by atoms with Gasteiger partial charge in [0.2, 0.25) is 23.3 Å². The van der Waals surface area contributed by atoms with E-state index >= 15 is 0 Å². The molecular formula is C21H28N6O5. The third kappa shape index (κ3) is 3.88. The predicted octanol–water partition coefficient (Wildman–Crippen LogP) is -0.788. The van der Waals surface area contributed by atoms with Gasteiger partial charge in [-0.05, 0) is 31.4 Å². The molecule has 11 nitrogen and oxygen atoms in total. The lowest BCUT2D eigenvalue weighted by Gasteiger charge is -2.35. The lowest BCUT2D eigenvalue weighted by atomic mass is 9.97. The van der Waals surface area contributed by atoms with Crippen LogP contribution in [-0.4, -0.2) is 75.7 Å². The second kappa shape index (κ2) is 8.05. The van der Waals surface area contributed by atoms with Gasteiger partial charge in [-0.15, -0.1) is 0 Å². The summed E-state index contributed by atoms with van der Waals surface area (Å²) in [6.07, 6.45) is 3.84. The molecule has 11 heteroatoms. The van der Waals surface area contributed by atoms with E-state index in [-0.39, 0.29) is 24.7 Å². The van der Waals surface area contributed by atoms with Crippen LogP contribution in [0.2, 0.25) is 0 Å². The largest absolute Gasteiger partial charge is 0.472 e. The first-order valence-corrected chi connectivity index (χ1v) is 10.7. The zero-order valence-electron chi connectivity index (χ0n) is 18.1. The second-order valence-corrected chi connectivity index (χ2v) is 8.92. The molecule has 4 amide bonds.